The van der Waals surface area contributed by atoms with E-state index < -0.39 is 0 Å². The van der Waals surface area contributed by atoms with Gasteiger partial charge in [-0.3, -0.25) is 0 Å². The van der Waals surface area contributed by atoms with Crippen molar-refractivity contribution >= 4 is 17.3 Å². The maximum atomic E-state index is 4.00. The second-order valence-electron chi connectivity index (χ2n) is 6.78. The minimum Gasteiger partial charge on any atom is -0.124 e. The molecule has 0 heterocycles. The third kappa shape index (κ3) is 6.33. The molecule has 0 radical (unpaired) electrons. The molecule has 2 aromatic rings. The third-order valence-electron chi connectivity index (χ3n) is 3.90. The predicted octanol–water partition coefficient (Wildman–Crippen LogP) is 6.41. The van der Waals surface area contributed by atoms with Gasteiger partial charge in [-0.1, -0.05) is 69.3 Å². The zero-order chi connectivity index (χ0) is 18.9. The lowest BCUT2D eigenvalue weighted by atomic mass is 9.87. The molecule has 0 nitrogen and oxygen atoms in total. The van der Waals surface area contributed by atoms with E-state index in [1.54, 1.807) is 0 Å². The molecule has 1 heteroatoms. The number of hydrogen-bond donors (Lipinski definition) is 0. The molecule has 0 N–H and O–H groups in total. The van der Waals surface area contributed by atoms with Crippen molar-refractivity contribution in [2.24, 2.45) is 0 Å². The molecule has 0 saturated carbocycles. The van der Waals surface area contributed by atoms with Gasteiger partial charge in [-0.05, 0) is 48.6 Å². The Labute approximate surface area is 158 Å². The van der Waals surface area contributed by atoms with Gasteiger partial charge in [0.25, 0.3) is 0 Å². The second-order valence-corrected chi connectivity index (χ2v) is 8.01. The normalized spacial score (nSPS) is 12.3. The van der Waals surface area contributed by atoms with Crippen LogP contribution in [0.3, 0.4) is 0 Å². The molecular weight excluding hydrogens is 320 g/mol. The first-order valence-corrected chi connectivity index (χ1v) is 9.36. The van der Waals surface area contributed by atoms with Crippen LogP contribution in [0.4, 0.5) is 0 Å². The predicted molar refractivity (Wildman–Crippen MR) is 116 cm³/mol. The fourth-order valence-electron chi connectivity index (χ4n) is 2.42. The largest absolute Gasteiger partial charge is 0.161 e. The smallest absolute Gasteiger partial charge is 0.124 e. The fraction of sp³-hybridized carbons (Fsp3) is 0.250. The minimum atomic E-state index is 0.206. The Morgan fingerprint density at radius 1 is 0.920 bits per heavy atom. The van der Waals surface area contributed by atoms with E-state index in [2.05, 4.69) is 114 Å². The van der Waals surface area contributed by atoms with E-state index in [4.69, 9.17) is 0 Å². The summed E-state index contributed by atoms with van der Waals surface area (Å²) in [5.41, 5.74) is 4.22. The quantitative estimate of drug-likeness (QED) is 0.259. The highest BCUT2D eigenvalue weighted by Crippen LogP contribution is 2.26. The second kappa shape index (κ2) is 9.97. The summed E-state index contributed by atoms with van der Waals surface area (Å²) in [6.45, 7) is 11.1. The number of benzene rings is 2. The molecule has 0 fully saturated rings. The van der Waals surface area contributed by atoms with Crippen molar-refractivity contribution in [2.45, 2.75) is 44.9 Å². The summed E-state index contributed by atoms with van der Waals surface area (Å²) >= 11 is 1.25. The molecule has 25 heavy (non-hydrogen) atoms. The Kier molecular flexibility index (Phi) is 8.32. The average Bonchev–Trinajstić information content (AvgIpc) is 2.63. The first kappa shape index (κ1) is 20.9. The van der Waals surface area contributed by atoms with Gasteiger partial charge in [-0.2, -0.15) is 0 Å². The highest BCUT2D eigenvalue weighted by molar-refractivity contribution is 7.83. The molecular formula is C24H29S+. The van der Waals surface area contributed by atoms with Crippen molar-refractivity contribution in [1.82, 2.24) is 0 Å². The fourth-order valence-corrected chi connectivity index (χ4v) is 3.51. The summed E-state index contributed by atoms with van der Waals surface area (Å²) in [6, 6.07) is 19.6. The maximum absolute atomic E-state index is 4.00. The van der Waals surface area contributed by atoms with Crippen LogP contribution in [0, 0.1) is 12.8 Å². The Balaban J connectivity index is 0.00000151. The molecule has 0 atom stereocenters. The van der Waals surface area contributed by atoms with E-state index in [1.807, 2.05) is 0 Å². The molecule has 0 unspecified atom stereocenters. The zero-order valence-electron chi connectivity index (χ0n) is 16.0. The van der Waals surface area contributed by atoms with Crippen LogP contribution in [0.15, 0.2) is 76.5 Å². The topological polar surface area (TPSA) is 0 Å². The van der Waals surface area contributed by atoms with Crippen LogP contribution in [-0.4, -0.2) is 0 Å². The van der Waals surface area contributed by atoms with Crippen LogP contribution in [0.2, 0.25) is 0 Å². The Morgan fingerprint density at radius 3 is 1.96 bits per heavy atom. The molecule has 0 aliphatic rings. The van der Waals surface area contributed by atoms with Crippen molar-refractivity contribution in [2.75, 3.05) is 0 Å². The van der Waals surface area contributed by atoms with Crippen LogP contribution in [0.25, 0.3) is 5.57 Å². The lowest BCUT2D eigenvalue weighted by molar-refractivity contribution is 0.590. The number of hydrogen-bond acceptors (Lipinski definition) is 0. The molecule has 2 aromatic carbocycles. The van der Waals surface area contributed by atoms with E-state index in [0.29, 0.717) is 0 Å². The van der Waals surface area contributed by atoms with Crippen molar-refractivity contribution < 1.29 is 0 Å². The number of thiol groups is 1. The Bertz CT molecular complexity index is 723. The Morgan fingerprint density at radius 2 is 1.48 bits per heavy atom. The van der Waals surface area contributed by atoms with Gasteiger partial charge in [0.1, 0.15) is 0 Å². The van der Waals surface area contributed by atoms with Crippen LogP contribution < -0.4 is 0 Å². The molecule has 0 aliphatic carbocycles. The van der Waals surface area contributed by atoms with Crippen molar-refractivity contribution in [3.63, 3.8) is 0 Å². The van der Waals surface area contributed by atoms with E-state index in [0.717, 1.165) is 0 Å². The molecule has 2 rings (SSSR count). The van der Waals surface area contributed by atoms with Gasteiger partial charge in [0, 0.05) is 17.3 Å². The summed E-state index contributed by atoms with van der Waals surface area (Å²) in [5, 5.41) is 0. The number of allylic oxidation sites excluding steroid dienone is 3. The lowest BCUT2D eigenvalue weighted by Gasteiger charge is -2.18. The third-order valence-corrected chi connectivity index (χ3v) is 5.18. The Hall–Kier alpha value is -2.17. The van der Waals surface area contributed by atoms with Gasteiger partial charge in [-0.25, -0.2) is 0 Å². The molecule has 0 amide bonds. The maximum Gasteiger partial charge on any atom is 0.161 e. The first-order valence-electron chi connectivity index (χ1n) is 8.46. The van der Waals surface area contributed by atoms with Crippen molar-refractivity contribution in [3.05, 3.63) is 82.8 Å². The minimum absolute atomic E-state index is 0.206. The van der Waals surface area contributed by atoms with Crippen molar-refractivity contribution in [3.8, 4) is 12.8 Å². The summed E-state index contributed by atoms with van der Waals surface area (Å²) in [5.74, 6) is 0. The highest BCUT2D eigenvalue weighted by Gasteiger charge is 2.16. The summed E-state index contributed by atoms with van der Waals surface area (Å²) in [7, 11) is 0. The molecule has 130 valence electrons. The SMILES string of the molecule is C#C.C/C=C\C([SH+]c1ccc(C(C)(C)C)cc1)=C(/C)c1ccccc1. The van der Waals surface area contributed by atoms with Crippen LogP contribution in [0.1, 0.15) is 45.7 Å². The van der Waals surface area contributed by atoms with Gasteiger partial charge in [0.2, 0.25) is 0 Å². The van der Waals surface area contributed by atoms with Crippen LogP contribution in [-0.2, 0) is 17.2 Å². The van der Waals surface area contributed by atoms with E-state index in [-0.39, 0.29) is 5.41 Å². The van der Waals surface area contributed by atoms with E-state index >= 15 is 0 Å². The summed E-state index contributed by atoms with van der Waals surface area (Å²) in [6.07, 6.45) is 12.3. The summed E-state index contributed by atoms with van der Waals surface area (Å²) in [4.78, 5) is 2.68. The van der Waals surface area contributed by atoms with Gasteiger partial charge in [0.05, 0.1) is 0 Å². The lowest BCUT2D eigenvalue weighted by Crippen LogP contribution is -2.10. The first-order chi connectivity index (χ1) is 11.9. The molecule has 0 saturated heterocycles. The zero-order valence-corrected chi connectivity index (χ0v) is 16.8. The van der Waals surface area contributed by atoms with Crippen molar-refractivity contribution in [1.29, 1.82) is 0 Å². The highest BCUT2D eigenvalue weighted by atomic mass is 32.2. The average molecular weight is 350 g/mol. The van der Waals surface area contributed by atoms with Gasteiger partial charge >= 0.3 is 0 Å². The monoisotopic (exact) mass is 349 g/mol. The van der Waals surface area contributed by atoms with Gasteiger partial charge < -0.3 is 0 Å². The van der Waals surface area contributed by atoms with Gasteiger partial charge in [0.15, 0.2) is 9.80 Å². The standard InChI is InChI=1S/C22H26S.C2H2/c1-6-10-21(17(2)18-11-8-7-9-12-18)23-20-15-13-19(14-16-20)22(3,4)5;1-2/h6-16H,1-5H3;1-2H/p+1/b10-6-,21-17-;. The number of rotatable bonds is 4. The molecule has 0 aliphatic heterocycles. The van der Waals surface area contributed by atoms with Crippen LogP contribution >= 0.6 is 0 Å². The van der Waals surface area contributed by atoms with E-state index in [9.17, 15) is 0 Å². The van der Waals surface area contributed by atoms with Gasteiger partial charge in [-0.15, -0.1) is 12.8 Å². The molecule has 0 aromatic heterocycles. The van der Waals surface area contributed by atoms with Crippen LogP contribution in [0.5, 0.6) is 0 Å². The van der Waals surface area contributed by atoms with E-state index in [1.165, 1.54) is 38.3 Å². The number of terminal acetylenes is 1. The summed E-state index contributed by atoms with van der Waals surface area (Å²) < 4.78 is 0. The molecule has 0 spiro atoms. The molecule has 0 bridgehead atoms.